The Bertz CT molecular complexity index is 641. The summed E-state index contributed by atoms with van der Waals surface area (Å²) in [6, 6.07) is 9.49. The zero-order valence-electron chi connectivity index (χ0n) is 12.0. The average molecular weight is 284 g/mol. The van der Waals surface area contributed by atoms with Crippen LogP contribution in [0.5, 0.6) is 5.75 Å². The molecule has 0 aromatic heterocycles. The molecule has 0 spiro atoms. The van der Waals surface area contributed by atoms with Crippen LogP contribution in [0.25, 0.3) is 0 Å². The summed E-state index contributed by atoms with van der Waals surface area (Å²) >= 11 is 0. The van der Waals surface area contributed by atoms with Crippen molar-refractivity contribution >= 4 is 11.7 Å². The van der Waals surface area contributed by atoms with Crippen molar-refractivity contribution in [3.05, 3.63) is 47.9 Å². The van der Waals surface area contributed by atoms with Crippen LogP contribution >= 0.6 is 0 Å². The lowest BCUT2D eigenvalue weighted by Crippen LogP contribution is -2.19. The zero-order valence-corrected chi connectivity index (χ0v) is 12.0. The van der Waals surface area contributed by atoms with Gasteiger partial charge in [-0.05, 0) is 32.1 Å². The standard InChI is InChI=1S/C16H16N2O3/c1-3-18-13-7-5-6-8-14(13)21-15(18)10-9-12(11-17)16(19)20-4-2/h5-10H,3-4H2,1-2H3/b12-9+,15-10-. The summed E-state index contributed by atoms with van der Waals surface area (Å²) < 4.78 is 10.5. The normalized spacial score (nSPS) is 15.4. The van der Waals surface area contributed by atoms with Crippen molar-refractivity contribution in [2.45, 2.75) is 13.8 Å². The summed E-state index contributed by atoms with van der Waals surface area (Å²) in [6.45, 7) is 4.65. The van der Waals surface area contributed by atoms with Crippen molar-refractivity contribution in [1.82, 2.24) is 0 Å². The summed E-state index contributed by atoms with van der Waals surface area (Å²) in [4.78, 5) is 13.5. The van der Waals surface area contributed by atoms with Crippen LogP contribution in [-0.2, 0) is 9.53 Å². The van der Waals surface area contributed by atoms with Gasteiger partial charge in [0.2, 0.25) is 5.88 Å². The molecule has 5 heteroatoms. The van der Waals surface area contributed by atoms with E-state index >= 15 is 0 Å². The lowest BCUT2D eigenvalue weighted by molar-refractivity contribution is -0.138. The quantitative estimate of drug-likeness (QED) is 0.483. The van der Waals surface area contributed by atoms with Gasteiger partial charge in [0.1, 0.15) is 11.6 Å². The van der Waals surface area contributed by atoms with Gasteiger partial charge in [-0.1, -0.05) is 12.1 Å². The van der Waals surface area contributed by atoms with E-state index in [9.17, 15) is 4.79 Å². The molecule has 0 saturated carbocycles. The van der Waals surface area contributed by atoms with Gasteiger partial charge in [-0.3, -0.25) is 0 Å². The van der Waals surface area contributed by atoms with Gasteiger partial charge >= 0.3 is 5.97 Å². The van der Waals surface area contributed by atoms with Crippen LogP contribution in [0, 0.1) is 11.3 Å². The average Bonchev–Trinajstić information content (AvgIpc) is 2.85. The number of benzene rings is 1. The summed E-state index contributed by atoms with van der Waals surface area (Å²) in [5.74, 6) is 0.708. The highest BCUT2D eigenvalue weighted by molar-refractivity contribution is 5.93. The Morgan fingerprint density at radius 1 is 1.43 bits per heavy atom. The molecule has 0 bridgehead atoms. The smallest absolute Gasteiger partial charge is 0.348 e. The molecule has 5 nitrogen and oxygen atoms in total. The van der Waals surface area contributed by atoms with Crippen LogP contribution < -0.4 is 9.64 Å². The van der Waals surface area contributed by atoms with Gasteiger partial charge in [0.05, 0.1) is 12.3 Å². The number of fused-ring (bicyclic) bond motifs is 1. The first-order valence-corrected chi connectivity index (χ1v) is 6.74. The first kappa shape index (κ1) is 14.7. The molecule has 1 aliphatic heterocycles. The molecule has 1 aromatic rings. The first-order valence-electron chi connectivity index (χ1n) is 6.74. The fourth-order valence-electron chi connectivity index (χ4n) is 2.02. The number of esters is 1. The Hall–Kier alpha value is -2.74. The number of hydrogen-bond donors (Lipinski definition) is 0. The van der Waals surface area contributed by atoms with Crippen LogP contribution in [0.15, 0.2) is 47.9 Å². The van der Waals surface area contributed by atoms with Crippen LogP contribution in [-0.4, -0.2) is 19.1 Å². The van der Waals surface area contributed by atoms with E-state index in [1.807, 2.05) is 42.2 Å². The maximum absolute atomic E-state index is 11.6. The van der Waals surface area contributed by atoms with Crippen LogP contribution in [0.1, 0.15) is 13.8 Å². The van der Waals surface area contributed by atoms with Crippen molar-refractivity contribution in [2.24, 2.45) is 0 Å². The Kier molecular flexibility index (Phi) is 4.62. The molecule has 0 fully saturated rings. The van der Waals surface area contributed by atoms with Crippen molar-refractivity contribution in [1.29, 1.82) is 5.26 Å². The fraction of sp³-hybridized carbons (Fsp3) is 0.250. The zero-order chi connectivity index (χ0) is 15.2. The number of para-hydroxylation sites is 2. The van der Waals surface area contributed by atoms with E-state index in [2.05, 4.69) is 0 Å². The molecule has 0 amide bonds. The fourth-order valence-corrected chi connectivity index (χ4v) is 2.02. The number of hydrogen-bond acceptors (Lipinski definition) is 5. The van der Waals surface area contributed by atoms with Crippen molar-refractivity contribution in [3.63, 3.8) is 0 Å². The minimum absolute atomic E-state index is 0.0556. The minimum Gasteiger partial charge on any atom is -0.462 e. The maximum atomic E-state index is 11.6. The molecule has 108 valence electrons. The number of anilines is 1. The molecular weight excluding hydrogens is 268 g/mol. The van der Waals surface area contributed by atoms with Crippen molar-refractivity contribution < 1.29 is 14.3 Å². The number of carbonyl (C=O) groups is 1. The number of nitriles is 1. The Morgan fingerprint density at radius 3 is 2.86 bits per heavy atom. The van der Waals surface area contributed by atoms with E-state index in [1.54, 1.807) is 13.0 Å². The number of carbonyl (C=O) groups excluding carboxylic acids is 1. The highest BCUT2D eigenvalue weighted by Gasteiger charge is 2.23. The number of allylic oxidation sites excluding steroid dienone is 2. The van der Waals surface area contributed by atoms with Gasteiger partial charge in [-0.15, -0.1) is 0 Å². The van der Waals surface area contributed by atoms with Gasteiger partial charge < -0.3 is 14.4 Å². The van der Waals surface area contributed by atoms with E-state index in [0.29, 0.717) is 5.88 Å². The van der Waals surface area contributed by atoms with E-state index in [-0.39, 0.29) is 12.2 Å². The molecule has 0 atom stereocenters. The molecule has 0 aliphatic carbocycles. The predicted octanol–water partition coefficient (Wildman–Crippen LogP) is 2.76. The van der Waals surface area contributed by atoms with E-state index in [0.717, 1.165) is 18.0 Å². The third-order valence-electron chi connectivity index (χ3n) is 2.96. The molecule has 1 aromatic carbocycles. The van der Waals surface area contributed by atoms with Gasteiger partial charge in [0.25, 0.3) is 0 Å². The lowest BCUT2D eigenvalue weighted by atomic mass is 10.2. The second-order valence-electron chi connectivity index (χ2n) is 4.23. The van der Waals surface area contributed by atoms with E-state index in [1.165, 1.54) is 6.08 Å². The van der Waals surface area contributed by atoms with Crippen LogP contribution in [0.3, 0.4) is 0 Å². The minimum atomic E-state index is -0.629. The summed E-state index contributed by atoms with van der Waals surface area (Å²) in [5, 5.41) is 8.99. The molecule has 21 heavy (non-hydrogen) atoms. The number of rotatable bonds is 4. The molecule has 0 saturated heterocycles. The summed E-state index contributed by atoms with van der Waals surface area (Å²) in [6.07, 6.45) is 3.03. The monoisotopic (exact) mass is 284 g/mol. The highest BCUT2D eigenvalue weighted by Crippen LogP contribution is 2.38. The number of nitrogens with zero attached hydrogens (tertiary/aromatic N) is 2. The molecular formula is C16H16N2O3. The topological polar surface area (TPSA) is 62.6 Å². The van der Waals surface area contributed by atoms with Crippen LogP contribution in [0.2, 0.25) is 0 Å². The van der Waals surface area contributed by atoms with E-state index < -0.39 is 5.97 Å². The number of ether oxygens (including phenoxy) is 2. The predicted molar refractivity (Wildman–Crippen MR) is 78.5 cm³/mol. The summed E-state index contributed by atoms with van der Waals surface area (Å²) in [7, 11) is 0. The molecule has 0 unspecified atom stereocenters. The molecule has 0 radical (unpaired) electrons. The molecule has 0 N–H and O–H groups in total. The van der Waals surface area contributed by atoms with Gasteiger partial charge in [0, 0.05) is 12.6 Å². The maximum Gasteiger partial charge on any atom is 0.348 e. The molecule has 1 aliphatic rings. The molecule has 1 heterocycles. The third-order valence-corrected chi connectivity index (χ3v) is 2.96. The van der Waals surface area contributed by atoms with Gasteiger partial charge in [-0.25, -0.2) is 4.79 Å². The third kappa shape index (κ3) is 3.06. The lowest BCUT2D eigenvalue weighted by Gasteiger charge is -2.14. The largest absolute Gasteiger partial charge is 0.462 e. The van der Waals surface area contributed by atoms with Crippen molar-refractivity contribution in [2.75, 3.05) is 18.1 Å². The Balaban J connectivity index is 2.26. The summed E-state index contributed by atoms with van der Waals surface area (Å²) in [5.41, 5.74) is 0.911. The highest BCUT2D eigenvalue weighted by atomic mass is 16.5. The second-order valence-corrected chi connectivity index (χ2v) is 4.23. The van der Waals surface area contributed by atoms with Gasteiger partial charge in [-0.2, -0.15) is 5.26 Å². The van der Waals surface area contributed by atoms with E-state index in [4.69, 9.17) is 14.7 Å². The van der Waals surface area contributed by atoms with Crippen LogP contribution in [0.4, 0.5) is 5.69 Å². The second kappa shape index (κ2) is 6.62. The Morgan fingerprint density at radius 2 is 2.19 bits per heavy atom. The SMILES string of the molecule is CCOC(=O)/C(C#N)=C/C=C1\Oc2ccccc2N1CC. The first-order chi connectivity index (χ1) is 10.2. The van der Waals surface area contributed by atoms with Gasteiger partial charge in [0.15, 0.2) is 5.75 Å². The molecule has 2 rings (SSSR count). The van der Waals surface area contributed by atoms with Crippen molar-refractivity contribution in [3.8, 4) is 11.8 Å². The Labute approximate surface area is 123 Å².